The quantitative estimate of drug-likeness (QED) is 0.481. The molecule has 1 heterocycles. The highest BCUT2D eigenvalue weighted by Gasteiger charge is 2.20. The van der Waals surface area contributed by atoms with E-state index in [0.29, 0.717) is 11.3 Å². The number of hydrogen-bond acceptors (Lipinski definition) is 5. The normalized spacial score (nSPS) is 12.2. The molecule has 0 radical (unpaired) electrons. The predicted octanol–water partition coefficient (Wildman–Crippen LogP) is 0.927. The van der Waals surface area contributed by atoms with Gasteiger partial charge in [-0.15, -0.1) is 0 Å². The van der Waals surface area contributed by atoms with Gasteiger partial charge in [0.05, 0.1) is 6.61 Å². The SMILES string of the molecule is COCC(Oc1cccc2ccc(C)nc12)C(=O)NN. The van der Waals surface area contributed by atoms with Gasteiger partial charge in [0.1, 0.15) is 11.3 Å². The number of amides is 1. The molecular formula is C14H17N3O3. The lowest BCUT2D eigenvalue weighted by atomic mass is 10.2. The molecule has 2 rings (SSSR count). The number of hydrazine groups is 1. The van der Waals surface area contributed by atoms with Gasteiger partial charge in [-0.25, -0.2) is 10.8 Å². The minimum Gasteiger partial charge on any atom is -0.476 e. The van der Waals surface area contributed by atoms with Crippen LogP contribution in [0.15, 0.2) is 30.3 Å². The van der Waals surface area contributed by atoms with E-state index in [1.165, 1.54) is 7.11 Å². The Kier molecular flexibility index (Phi) is 4.49. The molecule has 1 unspecified atom stereocenters. The summed E-state index contributed by atoms with van der Waals surface area (Å²) in [6.45, 7) is 2.00. The monoisotopic (exact) mass is 275 g/mol. The fourth-order valence-corrected chi connectivity index (χ4v) is 1.87. The highest BCUT2D eigenvalue weighted by molar-refractivity contribution is 5.86. The minimum absolute atomic E-state index is 0.102. The molecule has 3 N–H and O–H groups in total. The van der Waals surface area contributed by atoms with Crippen molar-refractivity contribution in [2.75, 3.05) is 13.7 Å². The van der Waals surface area contributed by atoms with Crippen molar-refractivity contribution >= 4 is 16.8 Å². The van der Waals surface area contributed by atoms with Gasteiger partial charge in [-0.3, -0.25) is 10.2 Å². The number of hydrogen-bond donors (Lipinski definition) is 2. The fourth-order valence-electron chi connectivity index (χ4n) is 1.87. The Labute approximate surface area is 116 Å². The van der Waals surface area contributed by atoms with Gasteiger partial charge in [0.2, 0.25) is 6.10 Å². The van der Waals surface area contributed by atoms with Gasteiger partial charge >= 0.3 is 0 Å². The van der Waals surface area contributed by atoms with Crippen LogP contribution in [0.5, 0.6) is 5.75 Å². The molecule has 1 aromatic heterocycles. The summed E-state index contributed by atoms with van der Waals surface area (Å²) in [6, 6.07) is 9.42. The highest BCUT2D eigenvalue weighted by atomic mass is 16.5. The van der Waals surface area contributed by atoms with Crippen molar-refractivity contribution < 1.29 is 14.3 Å². The molecule has 6 nitrogen and oxygen atoms in total. The highest BCUT2D eigenvalue weighted by Crippen LogP contribution is 2.24. The third-order valence-electron chi connectivity index (χ3n) is 2.84. The largest absolute Gasteiger partial charge is 0.476 e. The van der Waals surface area contributed by atoms with Crippen LogP contribution in [0.4, 0.5) is 0 Å². The van der Waals surface area contributed by atoms with Crippen LogP contribution < -0.4 is 16.0 Å². The van der Waals surface area contributed by atoms with E-state index in [9.17, 15) is 4.79 Å². The summed E-state index contributed by atoms with van der Waals surface area (Å²) in [7, 11) is 1.49. The Balaban J connectivity index is 2.36. The van der Waals surface area contributed by atoms with Crippen molar-refractivity contribution in [2.45, 2.75) is 13.0 Å². The maximum absolute atomic E-state index is 11.6. The number of nitrogens with one attached hydrogen (secondary N) is 1. The standard InChI is InChI=1S/C14H17N3O3/c1-9-6-7-10-4-3-5-11(13(10)16-9)20-12(8-19-2)14(18)17-15/h3-7,12H,8,15H2,1-2H3,(H,17,18). The van der Waals surface area contributed by atoms with Crippen molar-refractivity contribution in [2.24, 2.45) is 5.84 Å². The molecule has 106 valence electrons. The summed E-state index contributed by atoms with van der Waals surface area (Å²) in [5.41, 5.74) is 3.65. The zero-order valence-corrected chi connectivity index (χ0v) is 11.4. The van der Waals surface area contributed by atoms with Gasteiger partial charge in [-0.1, -0.05) is 18.2 Å². The number of fused-ring (bicyclic) bond motifs is 1. The van der Waals surface area contributed by atoms with Crippen LogP contribution in [-0.2, 0) is 9.53 Å². The lowest BCUT2D eigenvalue weighted by Gasteiger charge is -2.17. The first kappa shape index (κ1) is 14.2. The number of carbonyl (C=O) groups is 1. The van der Waals surface area contributed by atoms with Crippen molar-refractivity contribution in [1.29, 1.82) is 0 Å². The molecule has 0 saturated carbocycles. The molecule has 0 bridgehead atoms. The third kappa shape index (κ3) is 3.04. The number of para-hydroxylation sites is 1. The van der Waals surface area contributed by atoms with Crippen LogP contribution in [0.3, 0.4) is 0 Å². The van der Waals surface area contributed by atoms with Crippen molar-refractivity contribution in [3.05, 3.63) is 36.0 Å². The summed E-state index contributed by atoms with van der Waals surface area (Å²) in [5.74, 6) is 5.22. The van der Waals surface area contributed by atoms with Crippen LogP contribution in [0, 0.1) is 6.92 Å². The number of nitrogens with zero attached hydrogens (tertiary/aromatic N) is 1. The molecule has 6 heteroatoms. The first-order chi connectivity index (χ1) is 9.65. The summed E-state index contributed by atoms with van der Waals surface area (Å²) in [5, 5.41) is 0.942. The fraction of sp³-hybridized carbons (Fsp3) is 0.286. The van der Waals surface area contributed by atoms with Gasteiger partial charge in [0, 0.05) is 18.2 Å². The molecule has 20 heavy (non-hydrogen) atoms. The number of carbonyl (C=O) groups excluding carboxylic acids is 1. The number of aromatic nitrogens is 1. The molecular weight excluding hydrogens is 258 g/mol. The number of ether oxygens (including phenoxy) is 2. The Morgan fingerprint density at radius 3 is 2.90 bits per heavy atom. The Hall–Kier alpha value is -2.18. The van der Waals surface area contributed by atoms with E-state index in [1.807, 2.05) is 31.2 Å². The number of methoxy groups -OCH3 is 1. The number of aryl methyl sites for hydroxylation is 1. The number of pyridine rings is 1. The van der Waals surface area contributed by atoms with E-state index in [4.69, 9.17) is 15.3 Å². The van der Waals surface area contributed by atoms with Gasteiger partial charge in [0.25, 0.3) is 5.91 Å². The Bertz CT molecular complexity index is 616. The molecule has 1 amide bonds. The molecule has 2 aromatic rings. The number of benzene rings is 1. The van der Waals surface area contributed by atoms with Crippen LogP contribution in [-0.4, -0.2) is 30.7 Å². The van der Waals surface area contributed by atoms with Crippen molar-refractivity contribution in [1.82, 2.24) is 10.4 Å². The number of rotatable bonds is 5. The molecule has 0 saturated heterocycles. The van der Waals surface area contributed by atoms with E-state index >= 15 is 0 Å². The maximum Gasteiger partial charge on any atom is 0.277 e. The molecule has 0 aliphatic carbocycles. The van der Waals surface area contributed by atoms with E-state index in [0.717, 1.165) is 11.1 Å². The third-order valence-corrected chi connectivity index (χ3v) is 2.84. The topological polar surface area (TPSA) is 86.5 Å². The zero-order valence-electron chi connectivity index (χ0n) is 11.4. The molecule has 0 aliphatic rings. The molecule has 1 aromatic carbocycles. The van der Waals surface area contributed by atoms with Gasteiger partial charge in [0.15, 0.2) is 0 Å². The predicted molar refractivity (Wildman–Crippen MR) is 75.1 cm³/mol. The van der Waals surface area contributed by atoms with E-state index < -0.39 is 12.0 Å². The lowest BCUT2D eigenvalue weighted by molar-refractivity contribution is -0.130. The summed E-state index contributed by atoms with van der Waals surface area (Å²) < 4.78 is 10.7. The summed E-state index contributed by atoms with van der Waals surface area (Å²) >= 11 is 0. The Morgan fingerprint density at radius 2 is 2.20 bits per heavy atom. The maximum atomic E-state index is 11.6. The van der Waals surface area contributed by atoms with Gasteiger partial charge in [-0.2, -0.15) is 0 Å². The second-order valence-electron chi connectivity index (χ2n) is 4.35. The first-order valence-electron chi connectivity index (χ1n) is 6.18. The van der Waals surface area contributed by atoms with Crippen LogP contribution in [0.2, 0.25) is 0 Å². The van der Waals surface area contributed by atoms with Gasteiger partial charge in [-0.05, 0) is 19.1 Å². The average Bonchev–Trinajstić information content (AvgIpc) is 2.46. The van der Waals surface area contributed by atoms with Crippen LogP contribution >= 0.6 is 0 Å². The van der Waals surface area contributed by atoms with Crippen molar-refractivity contribution in [3.8, 4) is 5.75 Å². The molecule has 0 fully saturated rings. The lowest BCUT2D eigenvalue weighted by Crippen LogP contribution is -2.44. The Morgan fingerprint density at radius 1 is 1.40 bits per heavy atom. The second kappa shape index (κ2) is 6.31. The van der Waals surface area contributed by atoms with E-state index in [2.05, 4.69) is 10.4 Å². The van der Waals surface area contributed by atoms with E-state index in [-0.39, 0.29) is 6.61 Å². The summed E-state index contributed by atoms with van der Waals surface area (Å²) in [4.78, 5) is 16.1. The second-order valence-corrected chi connectivity index (χ2v) is 4.35. The average molecular weight is 275 g/mol. The van der Waals surface area contributed by atoms with Crippen LogP contribution in [0.1, 0.15) is 5.69 Å². The smallest absolute Gasteiger partial charge is 0.277 e. The first-order valence-corrected chi connectivity index (χ1v) is 6.18. The molecule has 0 aliphatic heterocycles. The van der Waals surface area contributed by atoms with E-state index in [1.54, 1.807) is 6.07 Å². The number of nitrogens with two attached hydrogens (primary N) is 1. The van der Waals surface area contributed by atoms with Crippen LogP contribution in [0.25, 0.3) is 10.9 Å². The summed E-state index contributed by atoms with van der Waals surface area (Å²) in [6.07, 6.45) is -0.821. The molecule has 0 spiro atoms. The zero-order chi connectivity index (χ0) is 14.5. The van der Waals surface area contributed by atoms with Crippen molar-refractivity contribution in [3.63, 3.8) is 0 Å². The molecule has 1 atom stereocenters. The van der Waals surface area contributed by atoms with Gasteiger partial charge < -0.3 is 9.47 Å². The minimum atomic E-state index is -0.821.